The molecule has 1 unspecified atom stereocenters. The molecule has 0 heterocycles. The van der Waals surface area contributed by atoms with Crippen molar-refractivity contribution in [3.8, 4) is 5.75 Å². The summed E-state index contributed by atoms with van der Waals surface area (Å²) in [6, 6.07) is 9.34. The summed E-state index contributed by atoms with van der Waals surface area (Å²) in [5, 5.41) is 3.11. The van der Waals surface area contributed by atoms with E-state index in [1.807, 2.05) is 32.0 Å². The molecular weight excluding hydrogens is 400 g/mol. The van der Waals surface area contributed by atoms with Crippen LogP contribution in [0.1, 0.15) is 24.5 Å². The number of amides is 1. The van der Waals surface area contributed by atoms with E-state index in [9.17, 15) is 13.2 Å². The molecular formula is C20H25ClN2O4S. The molecule has 6 nitrogen and oxygen atoms in total. The molecule has 0 aromatic heterocycles. The number of sulfonamides is 1. The Bertz CT molecular complexity index is 976. The van der Waals surface area contributed by atoms with E-state index in [2.05, 4.69) is 5.32 Å². The third kappa shape index (κ3) is 4.97. The van der Waals surface area contributed by atoms with Gasteiger partial charge in [0.2, 0.25) is 15.9 Å². The minimum absolute atomic E-state index is 0.262. The second kappa shape index (κ2) is 8.84. The number of benzene rings is 2. The van der Waals surface area contributed by atoms with E-state index >= 15 is 0 Å². The Labute approximate surface area is 171 Å². The molecule has 2 aromatic rings. The van der Waals surface area contributed by atoms with Crippen LogP contribution < -0.4 is 14.4 Å². The fourth-order valence-corrected chi connectivity index (χ4v) is 4.48. The SMILES string of the molecule is CCC(C(=O)Nc1ccc(C)cc1C)N(c1ccc(OC)c(Cl)c1)S(C)(=O)=O. The third-order valence-electron chi connectivity index (χ3n) is 4.36. The maximum absolute atomic E-state index is 13.0. The Kier molecular flexibility index (Phi) is 6.96. The summed E-state index contributed by atoms with van der Waals surface area (Å²) in [7, 11) is -2.27. The molecule has 0 saturated carbocycles. The first-order chi connectivity index (χ1) is 13.1. The van der Waals surface area contributed by atoms with Gasteiger partial charge in [0.25, 0.3) is 0 Å². The quantitative estimate of drug-likeness (QED) is 0.724. The zero-order valence-electron chi connectivity index (χ0n) is 16.6. The number of hydrogen-bond acceptors (Lipinski definition) is 4. The molecule has 2 rings (SSSR count). The fraction of sp³-hybridized carbons (Fsp3) is 0.350. The van der Waals surface area contributed by atoms with E-state index in [1.54, 1.807) is 19.1 Å². The molecule has 1 amide bonds. The summed E-state index contributed by atoms with van der Waals surface area (Å²) >= 11 is 6.17. The minimum atomic E-state index is -3.75. The molecule has 0 radical (unpaired) electrons. The summed E-state index contributed by atoms with van der Waals surface area (Å²) < 4.78 is 31.3. The van der Waals surface area contributed by atoms with Crippen molar-refractivity contribution in [1.82, 2.24) is 0 Å². The van der Waals surface area contributed by atoms with Gasteiger partial charge in [-0.05, 0) is 50.1 Å². The van der Waals surface area contributed by atoms with Crippen LogP contribution in [0.3, 0.4) is 0 Å². The summed E-state index contributed by atoms with van der Waals surface area (Å²) in [5.74, 6) is 0.0125. The summed E-state index contributed by atoms with van der Waals surface area (Å²) in [5.41, 5.74) is 2.93. The van der Waals surface area contributed by atoms with Crippen LogP contribution in [0.4, 0.5) is 11.4 Å². The van der Waals surface area contributed by atoms with Crippen LogP contribution in [0.2, 0.25) is 5.02 Å². The van der Waals surface area contributed by atoms with Gasteiger partial charge in [-0.2, -0.15) is 0 Å². The van der Waals surface area contributed by atoms with Crippen LogP contribution in [0.25, 0.3) is 0 Å². The predicted molar refractivity (Wildman–Crippen MR) is 114 cm³/mol. The smallest absolute Gasteiger partial charge is 0.248 e. The summed E-state index contributed by atoms with van der Waals surface area (Å²) in [6.45, 7) is 5.61. The van der Waals surface area contributed by atoms with Crippen LogP contribution in [0, 0.1) is 13.8 Å². The lowest BCUT2D eigenvalue weighted by atomic mass is 10.1. The van der Waals surface area contributed by atoms with Gasteiger partial charge < -0.3 is 10.1 Å². The number of methoxy groups -OCH3 is 1. The van der Waals surface area contributed by atoms with Gasteiger partial charge in [-0.15, -0.1) is 0 Å². The lowest BCUT2D eigenvalue weighted by Gasteiger charge is -2.30. The second-order valence-corrected chi connectivity index (χ2v) is 8.88. The Hall–Kier alpha value is -2.25. The number of carbonyl (C=O) groups is 1. The van der Waals surface area contributed by atoms with Crippen molar-refractivity contribution in [2.75, 3.05) is 23.0 Å². The summed E-state index contributed by atoms with van der Waals surface area (Å²) in [6.07, 6.45) is 1.35. The van der Waals surface area contributed by atoms with Gasteiger partial charge in [-0.1, -0.05) is 36.2 Å². The second-order valence-electron chi connectivity index (χ2n) is 6.61. The van der Waals surface area contributed by atoms with Gasteiger partial charge in [0.1, 0.15) is 11.8 Å². The van der Waals surface area contributed by atoms with Crippen LogP contribution in [-0.4, -0.2) is 33.7 Å². The largest absolute Gasteiger partial charge is 0.495 e. The molecule has 0 aliphatic rings. The fourth-order valence-electron chi connectivity index (χ4n) is 3.02. The number of rotatable bonds is 7. The highest BCUT2D eigenvalue weighted by Crippen LogP contribution is 2.32. The Morgan fingerprint density at radius 2 is 1.89 bits per heavy atom. The highest BCUT2D eigenvalue weighted by molar-refractivity contribution is 7.92. The highest BCUT2D eigenvalue weighted by atomic mass is 35.5. The number of hydrogen-bond donors (Lipinski definition) is 1. The van der Waals surface area contributed by atoms with Gasteiger partial charge in [-0.25, -0.2) is 8.42 Å². The van der Waals surface area contributed by atoms with E-state index in [-0.39, 0.29) is 11.4 Å². The van der Waals surface area contributed by atoms with Gasteiger partial charge in [-0.3, -0.25) is 9.10 Å². The molecule has 8 heteroatoms. The van der Waals surface area contributed by atoms with Crippen molar-refractivity contribution in [2.45, 2.75) is 33.2 Å². The minimum Gasteiger partial charge on any atom is -0.495 e. The number of anilines is 2. The monoisotopic (exact) mass is 424 g/mol. The van der Waals surface area contributed by atoms with Crippen molar-refractivity contribution in [3.05, 3.63) is 52.5 Å². The number of nitrogens with one attached hydrogen (secondary N) is 1. The topological polar surface area (TPSA) is 75.7 Å². The first-order valence-electron chi connectivity index (χ1n) is 8.79. The molecule has 2 aromatic carbocycles. The van der Waals surface area contributed by atoms with Gasteiger partial charge >= 0.3 is 0 Å². The van der Waals surface area contributed by atoms with Crippen molar-refractivity contribution >= 4 is 38.9 Å². The Balaban J connectivity index is 2.42. The lowest BCUT2D eigenvalue weighted by Crippen LogP contribution is -2.47. The molecule has 0 saturated heterocycles. The zero-order chi connectivity index (χ0) is 21.1. The lowest BCUT2D eigenvalue weighted by molar-refractivity contribution is -0.117. The van der Waals surface area contributed by atoms with Crippen molar-refractivity contribution < 1.29 is 17.9 Å². The van der Waals surface area contributed by atoms with E-state index in [1.165, 1.54) is 13.2 Å². The predicted octanol–water partition coefficient (Wildman–Crippen LogP) is 4.15. The normalized spacial score (nSPS) is 12.4. The molecule has 0 aliphatic heterocycles. The standard InChI is InChI=1S/C20H25ClN2O4S/c1-6-18(20(24)22-17-9-7-13(2)11-14(17)3)23(28(5,25)26)15-8-10-19(27-4)16(21)12-15/h7-12,18H,6H2,1-5H3,(H,22,24). The van der Waals surface area contributed by atoms with E-state index < -0.39 is 22.0 Å². The maximum Gasteiger partial charge on any atom is 0.248 e. The number of ether oxygens (including phenoxy) is 1. The van der Waals surface area contributed by atoms with E-state index in [4.69, 9.17) is 16.3 Å². The molecule has 28 heavy (non-hydrogen) atoms. The van der Waals surface area contributed by atoms with Crippen LogP contribution in [0.15, 0.2) is 36.4 Å². The number of aryl methyl sites for hydroxylation is 2. The molecule has 0 fully saturated rings. The Morgan fingerprint density at radius 1 is 1.21 bits per heavy atom. The van der Waals surface area contributed by atoms with Gasteiger partial charge in [0.15, 0.2) is 0 Å². The number of halogens is 1. The Morgan fingerprint density at radius 3 is 2.39 bits per heavy atom. The van der Waals surface area contributed by atoms with Crippen LogP contribution >= 0.6 is 11.6 Å². The third-order valence-corrected chi connectivity index (χ3v) is 5.83. The van der Waals surface area contributed by atoms with E-state index in [0.717, 1.165) is 21.7 Å². The van der Waals surface area contributed by atoms with Gasteiger partial charge in [0, 0.05) is 5.69 Å². The first-order valence-corrected chi connectivity index (χ1v) is 11.0. The zero-order valence-corrected chi connectivity index (χ0v) is 18.2. The summed E-state index contributed by atoms with van der Waals surface area (Å²) in [4.78, 5) is 13.0. The van der Waals surface area contributed by atoms with E-state index in [0.29, 0.717) is 17.1 Å². The van der Waals surface area contributed by atoms with Crippen molar-refractivity contribution in [3.63, 3.8) is 0 Å². The molecule has 0 bridgehead atoms. The molecule has 1 N–H and O–H groups in total. The van der Waals surface area contributed by atoms with Crippen molar-refractivity contribution in [1.29, 1.82) is 0 Å². The van der Waals surface area contributed by atoms with Crippen molar-refractivity contribution in [2.24, 2.45) is 0 Å². The van der Waals surface area contributed by atoms with Gasteiger partial charge in [0.05, 0.1) is 24.1 Å². The maximum atomic E-state index is 13.0. The van der Waals surface area contributed by atoms with Crippen LogP contribution in [-0.2, 0) is 14.8 Å². The molecule has 0 spiro atoms. The first kappa shape index (κ1) is 22.0. The van der Waals surface area contributed by atoms with Crippen LogP contribution in [0.5, 0.6) is 5.75 Å². The average Bonchev–Trinajstić information content (AvgIpc) is 2.60. The number of carbonyl (C=O) groups excluding carboxylic acids is 1. The molecule has 152 valence electrons. The average molecular weight is 425 g/mol. The molecule has 0 aliphatic carbocycles. The number of nitrogens with zero attached hydrogens (tertiary/aromatic N) is 1. The highest BCUT2D eigenvalue weighted by Gasteiger charge is 2.32. The molecule has 1 atom stereocenters.